The van der Waals surface area contributed by atoms with Crippen molar-refractivity contribution in [1.82, 2.24) is 0 Å². The Morgan fingerprint density at radius 1 is 1.27 bits per heavy atom. The summed E-state index contributed by atoms with van der Waals surface area (Å²) in [5, 5.41) is 0. The number of benzene rings is 1. The molecule has 0 atom stereocenters. The van der Waals surface area contributed by atoms with Crippen molar-refractivity contribution < 1.29 is 14.3 Å². The minimum absolute atomic E-state index is 0.162. The molecular formula is C12H16O3. The normalized spacial score (nSPS) is 9.73. The first kappa shape index (κ1) is 11.6. The quantitative estimate of drug-likeness (QED) is 0.696. The molecule has 0 heterocycles. The van der Waals surface area contributed by atoms with Crippen LogP contribution in [0, 0.1) is 0 Å². The molecule has 0 spiro atoms. The Balaban J connectivity index is 2.46. The lowest BCUT2D eigenvalue weighted by Crippen LogP contribution is -2.01. The van der Waals surface area contributed by atoms with Crippen LogP contribution in [0.15, 0.2) is 24.3 Å². The van der Waals surface area contributed by atoms with Gasteiger partial charge < -0.3 is 9.47 Å². The van der Waals surface area contributed by atoms with E-state index in [4.69, 9.17) is 4.74 Å². The molecule has 1 aromatic carbocycles. The maximum Gasteiger partial charge on any atom is 0.305 e. The van der Waals surface area contributed by atoms with Crippen molar-refractivity contribution in [2.45, 2.75) is 19.3 Å². The second-order valence-electron chi connectivity index (χ2n) is 3.24. The summed E-state index contributed by atoms with van der Waals surface area (Å²) in [5.41, 5.74) is 1.13. The molecule has 3 heteroatoms. The third-order valence-electron chi connectivity index (χ3n) is 2.25. The Morgan fingerprint density at radius 3 is 2.67 bits per heavy atom. The zero-order chi connectivity index (χ0) is 11.1. The van der Waals surface area contributed by atoms with Crippen molar-refractivity contribution >= 4 is 5.97 Å². The average molecular weight is 208 g/mol. The predicted octanol–water partition coefficient (Wildman–Crippen LogP) is 2.19. The summed E-state index contributed by atoms with van der Waals surface area (Å²) < 4.78 is 9.79. The summed E-state index contributed by atoms with van der Waals surface area (Å²) in [6.07, 6.45) is 2.07. The fraction of sp³-hybridized carbons (Fsp3) is 0.417. The van der Waals surface area contributed by atoms with Gasteiger partial charge in [-0.3, -0.25) is 4.79 Å². The molecule has 0 radical (unpaired) electrons. The zero-order valence-electron chi connectivity index (χ0n) is 9.16. The standard InChI is InChI=1S/C12H16O3/c1-14-11-8-4-3-6-10(11)7-5-9-12(13)15-2/h3-4,6,8H,5,7,9H2,1-2H3. The Kier molecular flexibility index (Phi) is 4.68. The lowest BCUT2D eigenvalue weighted by molar-refractivity contribution is -0.140. The number of para-hydroxylation sites is 1. The molecule has 0 fully saturated rings. The largest absolute Gasteiger partial charge is 0.496 e. The van der Waals surface area contributed by atoms with Crippen LogP contribution in [0.5, 0.6) is 5.75 Å². The smallest absolute Gasteiger partial charge is 0.305 e. The molecule has 0 aliphatic heterocycles. The molecule has 0 aromatic heterocycles. The van der Waals surface area contributed by atoms with Crippen molar-refractivity contribution in [3.63, 3.8) is 0 Å². The Bertz CT molecular complexity index is 320. The van der Waals surface area contributed by atoms with Crippen molar-refractivity contribution in [3.05, 3.63) is 29.8 Å². The monoisotopic (exact) mass is 208 g/mol. The van der Waals surface area contributed by atoms with Crippen LogP contribution in [-0.2, 0) is 16.0 Å². The molecule has 0 bridgehead atoms. The van der Waals surface area contributed by atoms with Gasteiger partial charge in [0.1, 0.15) is 5.75 Å². The van der Waals surface area contributed by atoms with Crippen LogP contribution in [0.4, 0.5) is 0 Å². The van der Waals surface area contributed by atoms with E-state index < -0.39 is 0 Å². The summed E-state index contributed by atoms with van der Waals surface area (Å²) >= 11 is 0. The second-order valence-corrected chi connectivity index (χ2v) is 3.24. The van der Waals surface area contributed by atoms with Gasteiger partial charge >= 0.3 is 5.97 Å². The molecule has 0 saturated carbocycles. The van der Waals surface area contributed by atoms with Gasteiger partial charge in [0, 0.05) is 6.42 Å². The van der Waals surface area contributed by atoms with Crippen molar-refractivity contribution in [1.29, 1.82) is 0 Å². The molecule has 15 heavy (non-hydrogen) atoms. The molecule has 0 amide bonds. The van der Waals surface area contributed by atoms with Crippen molar-refractivity contribution in [2.24, 2.45) is 0 Å². The van der Waals surface area contributed by atoms with Gasteiger partial charge in [-0.25, -0.2) is 0 Å². The van der Waals surface area contributed by atoms with Crippen LogP contribution >= 0.6 is 0 Å². The maximum atomic E-state index is 10.9. The molecule has 1 rings (SSSR count). The third-order valence-corrected chi connectivity index (χ3v) is 2.25. The van der Waals surface area contributed by atoms with Crippen LogP contribution in [0.2, 0.25) is 0 Å². The highest BCUT2D eigenvalue weighted by Crippen LogP contribution is 2.19. The number of carbonyl (C=O) groups excluding carboxylic acids is 1. The summed E-state index contributed by atoms with van der Waals surface area (Å²) in [5.74, 6) is 0.715. The summed E-state index contributed by atoms with van der Waals surface area (Å²) in [7, 11) is 3.06. The number of esters is 1. The molecule has 0 saturated heterocycles. The zero-order valence-corrected chi connectivity index (χ0v) is 9.16. The third kappa shape index (κ3) is 3.62. The van der Waals surface area contributed by atoms with Gasteiger partial charge in [-0.05, 0) is 24.5 Å². The summed E-state index contributed by atoms with van der Waals surface area (Å²) in [4.78, 5) is 10.9. The number of hydrogen-bond acceptors (Lipinski definition) is 3. The number of rotatable bonds is 5. The molecule has 1 aromatic rings. The number of aryl methyl sites for hydroxylation is 1. The van der Waals surface area contributed by atoms with Gasteiger partial charge in [0.2, 0.25) is 0 Å². The van der Waals surface area contributed by atoms with E-state index in [0.717, 1.165) is 24.2 Å². The molecule has 0 unspecified atom stereocenters. The van der Waals surface area contributed by atoms with E-state index in [1.165, 1.54) is 7.11 Å². The van der Waals surface area contributed by atoms with Crippen LogP contribution < -0.4 is 4.74 Å². The molecular weight excluding hydrogens is 192 g/mol. The molecule has 0 aliphatic rings. The maximum absolute atomic E-state index is 10.9. The number of ether oxygens (including phenoxy) is 2. The predicted molar refractivity (Wildman–Crippen MR) is 57.9 cm³/mol. The van der Waals surface area contributed by atoms with Crippen LogP contribution in [-0.4, -0.2) is 20.2 Å². The molecule has 3 nitrogen and oxygen atoms in total. The topological polar surface area (TPSA) is 35.5 Å². The fourth-order valence-corrected chi connectivity index (χ4v) is 1.43. The van der Waals surface area contributed by atoms with E-state index in [0.29, 0.717) is 6.42 Å². The number of hydrogen-bond donors (Lipinski definition) is 0. The van der Waals surface area contributed by atoms with E-state index in [1.54, 1.807) is 7.11 Å². The molecule has 0 N–H and O–H groups in total. The Morgan fingerprint density at radius 2 is 2.00 bits per heavy atom. The highest BCUT2D eigenvalue weighted by Gasteiger charge is 2.04. The fourth-order valence-electron chi connectivity index (χ4n) is 1.43. The average Bonchev–Trinajstić information content (AvgIpc) is 2.29. The van der Waals surface area contributed by atoms with Crippen LogP contribution in [0.3, 0.4) is 0 Å². The molecule has 0 aliphatic carbocycles. The van der Waals surface area contributed by atoms with Crippen LogP contribution in [0.1, 0.15) is 18.4 Å². The SMILES string of the molecule is COC(=O)CCCc1ccccc1OC. The van der Waals surface area contributed by atoms with E-state index in [1.807, 2.05) is 24.3 Å². The Labute approximate surface area is 90.0 Å². The first-order valence-electron chi connectivity index (χ1n) is 4.96. The lowest BCUT2D eigenvalue weighted by Gasteiger charge is -2.07. The van der Waals surface area contributed by atoms with Gasteiger partial charge in [-0.2, -0.15) is 0 Å². The number of methoxy groups -OCH3 is 2. The van der Waals surface area contributed by atoms with Crippen LogP contribution in [0.25, 0.3) is 0 Å². The van der Waals surface area contributed by atoms with E-state index in [-0.39, 0.29) is 5.97 Å². The van der Waals surface area contributed by atoms with Crippen molar-refractivity contribution in [2.75, 3.05) is 14.2 Å². The van der Waals surface area contributed by atoms with Crippen molar-refractivity contribution in [3.8, 4) is 5.75 Å². The van der Waals surface area contributed by atoms with E-state index in [2.05, 4.69) is 4.74 Å². The first-order chi connectivity index (χ1) is 7.27. The first-order valence-corrected chi connectivity index (χ1v) is 4.96. The summed E-state index contributed by atoms with van der Waals surface area (Å²) in [6, 6.07) is 7.84. The van der Waals surface area contributed by atoms with E-state index >= 15 is 0 Å². The highest BCUT2D eigenvalue weighted by molar-refractivity contribution is 5.69. The second kappa shape index (κ2) is 6.06. The Hall–Kier alpha value is -1.51. The van der Waals surface area contributed by atoms with Gasteiger partial charge in [-0.15, -0.1) is 0 Å². The van der Waals surface area contributed by atoms with Gasteiger partial charge in [0.15, 0.2) is 0 Å². The van der Waals surface area contributed by atoms with Gasteiger partial charge in [-0.1, -0.05) is 18.2 Å². The van der Waals surface area contributed by atoms with E-state index in [9.17, 15) is 4.79 Å². The number of carbonyl (C=O) groups is 1. The highest BCUT2D eigenvalue weighted by atomic mass is 16.5. The lowest BCUT2D eigenvalue weighted by atomic mass is 10.1. The van der Waals surface area contributed by atoms with Gasteiger partial charge in [0.05, 0.1) is 14.2 Å². The minimum Gasteiger partial charge on any atom is -0.496 e. The van der Waals surface area contributed by atoms with Gasteiger partial charge in [0.25, 0.3) is 0 Å². The molecule has 82 valence electrons. The summed E-state index contributed by atoms with van der Waals surface area (Å²) in [6.45, 7) is 0. The minimum atomic E-state index is -0.162.